The number of amides is 2. The van der Waals surface area contributed by atoms with Crippen LogP contribution in [0.4, 0.5) is 5.69 Å². The maximum absolute atomic E-state index is 12.3. The van der Waals surface area contributed by atoms with Gasteiger partial charge in [0.05, 0.1) is 32.7 Å². The first-order chi connectivity index (χ1) is 17.3. The molecular weight excluding hydrogens is 462 g/mol. The number of rotatable bonds is 9. The van der Waals surface area contributed by atoms with E-state index >= 15 is 0 Å². The van der Waals surface area contributed by atoms with Gasteiger partial charge in [-0.05, 0) is 49.7 Å². The maximum atomic E-state index is 12.3. The molecule has 3 aromatic carbocycles. The molecule has 188 valence electrons. The van der Waals surface area contributed by atoms with Gasteiger partial charge in [-0.15, -0.1) is 0 Å². The van der Waals surface area contributed by atoms with Crippen molar-refractivity contribution in [3.63, 3.8) is 0 Å². The average Bonchev–Trinajstić information content (AvgIpc) is 2.91. The third-order valence-electron chi connectivity index (χ3n) is 5.28. The molecule has 0 bridgehead atoms. The van der Waals surface area contributed by atoms with E-state index in [0.717, 1.165) is 5.56 Å². The Morgan fingerprint density at radius 1 is 0.806 bits per heavy atom. The summed E-state index contributed by atoms with van der Waals surface area (Å²) in [6.07, 6.45) is 0. The van der Waals surface area contributed by atoms with Crippen LogP contribution < -0.4 is 29.7 Å². The Hall–Kier alpha value is -4.53. The molecule has 0 aliphatic carbocycles. The number of carbonyl (C=O) groups excluding carboxylic acids is 2. The molecule has 0 heterocycles. The fraction of sp³-hybridized carbons (Fsp3) is 0.222. The van der Waals surface area contributed by atoms with Crippen molar-refractivity contribution < 1.29 is 28.5 Å². The third-order valence-corrected chi connectivity index (χ3v) is 5.28. The molecule has 0 radical (unpaired) electrons. The van der Waals surface area contributed by atoms with Crippen LogP contribution in [0.5, 0.6) is 23.0 Å². The fourth-order valence-electron chi connectivity index (χ4n) is 3.19. The van der Waals surface area contributed by atoms with Gasteiger partial charge in [-0.2, -0.15) is 5.10 Å². The molecule has 3 aromatic rings. The van der Waals surface area contributed by atoms with Gasteiger partial charge in [0.2, 0.25) is 0 Å². The van der Waals surface area contributed by atoms with Crippen molar-refractivity contribution in [1.82, 2.24) is 5.43 Å². The lowest BCUT2D eigenvalue weighted by Crippen LogP contribution is -2.33. The molecule has 0 aliphatic rings. The number of hydrazone groups is 1. The zero-order chi connectivity index (χ0) is 26.1. The highest BCUT2D eigenvalue weighted by Crippen LogP contribution is 2.30. The van der Waals surface area contributed by atoms with Gasteiger partial charge in [0.15, 0.2) is 11.5 Å². The van der Waals surface area contributed by atoms with Crippen molar-refractivity contribution in [2.24, 2.45) is 5.10 Å². The molecular formula is C27H29N3O6. The molecule has 9 heteroatoms. The lowest BCUT2D eigenvalue weighted by molar-refractivity contribution is -0.136. The molecule has 3 rings (SSSR count). The Kier molecular flexibility index (Phi) is 8.88. The average molecular weight is 492 g/mol. The van der Waals surface area contributed by atoms with E-state index in [1.54, 1.807) is 50.4 Å². The number of methoxy groups -OCH3 is 3. The SMILES string of the molecule is COc1ccc(NC(=O)C(=O)N/N=C(\C)c2ccc(OCc3ccc(C)cc3)c(OC)c2)c(OC)c1. The zero-order valence-electron chi connectivity index (χ0n) is 20.9. The smallest absolute Gasteiger partial charge is 0.329 e. The van der Waals surface area contributed by atoms with Gasteiger partial charge < -0.3 is 24.3 Å². The van der Waals surface area contributed by atoms with E-state index in [1.165, 1.54) is 19.8 Å². The van der Waals surface area contributed by atoms with Crippen LogP contribution in [0.3, 0.4) is 0 Å². The minimum absolute atomic E-state index is 0.324. The summed E-state index contributed by atoms with van der Waals surface area (Å²) in [5.74, 6) is 0.171. The first-order valence-corrected chi connectivity index (χ1v) is 11.1. The molecule has 2 N–H and O–H groups in total. The summed E-state index contributed by atoms with van der Waals surface area (Å²) in [5, 5.41) is 6.54. The zero-order valence-corrected chi connectivity index (χ0v) is 20.9. The van der Waals surface area contributed by atoms with Crippen LogP contribution in [0, 0.1) is 6.92 Å². The number of benzene rings is 3. The molecule has 0 spiro atoms. The molecule has 2 amide bonds. The lowest BCUT2D eigenvalue weighted by atomic mass is 10.1. The summed E-state index contributed by atoms with van der Waals surface area (Å²) in [6, 6.07) is 18.2. The van der Waals surface area contributed by atoms with Gasteiger partial charge in [0.1, 0.15) is 18.1 Å². The second-order valence-electron chi connectivity index (χ2n) is 7.80. The van der Waals surface area contributed by atoms with E-state index in [4.69, 9.17) is 18.9 Å². The van der Waals surface area contributed by atoms with Crippen LogP contribution in [-0.2, 0) is 16.2 Å². The highest BCUT2D eigenvalue weighted by molar-refractivity contribution is 6.39. The Bertz CT molecular complexity index is 1250. The molecule has 0 aromatic heterocycles. The van der Waals surface area contributed by atoms with Crippen molar-refractivity contribution in [3.8, 4) is 23.0 Å². The summed E-state index contributed by atoms with van der Waals surface area (Å²) in [6.45, 7) is 4.13. The quantitative estimate of drug-likeness (QED) is 0.265. The summed E-state index contributed by atoms with van der Waals surface area (Å²) in [5.41, 5.74) is 5.97. The van der Waals surface area contributed by atoms with Gasteiger partial charge in [-0.3, -0.25) is 9.59 Å². The van der Waals surface area contributed by atoms with Crippen molar-refractivity contribution in [3.05, 3.63) is 77.4 Å². The van der Waals surface area contributed by atoms with Crippen LogP contribution in [0.2, 0.25) is 0 Å². The number of carbonyl (C=O) groups is 2. The Labute approximate surface area is 210 Å². The fourth-order valence-corrected chi connectivity index (χ4v) is 3.19. The molecule has 0 saturated heterocycles. The lowest BCUT2D eigenvalue weighted by Gasteiger charge is -2.13. The number of hydrogen-bond acceptors (Lipinski definition) is 7. The van der Waals surface area contributed by atoms with E-state index in [0.29, 0.717) is 46.6 Å². The van der Waals surface area contributed by atoms with E-state index in [1.807, 2.05) is 31.2 Å². The van der Waals surface area contributed by atoms with Crippen LogP contribution in [-0.4, -0.2) is 38.9 Å². The molecule has 0 atom stereocenters. The first-order valence-electron chi connectivity index (χ1n) is 11.1. The van der Waals surface area contributed by atoms with Crippen molar-refractivity contribution >= 4 is 23.2 Å². The largest absolute Gasteiger partial charge is 0.497 e. The van der Waals surface area contributed by atoms with Gasteiger partial charge in [0, 0.05) is 11.6 Å². The predicted molar refractivity (Wildman–Crippen MR) is 137 cm³/mol. The first kappa shape index (κ1) is 26.1. The highest BCUT2D eigenvalue weighted by Gasteiger charge is 2.16. The van der Waals surface area contributed by atoms with Gasteiger partial charge in [0.25, 0.3) is 0 Å². The van der Waals surface area contributed by atoms with Crippen molar-refractivity contribution in [2.75, 3.05) is 26.6 Å². The highest BCUT2D eigenvalue weighted by atomic mass is 16.5. The summed E-state index contributed by atoms with van der Waals surface area (Å²) in [7, 11) is 4.51. The van der Waals surface area contributed by atoms with Crippen LogP contribution in [0.1, 0.15) is 23.6 Å². The second kappa shape index (κ2) is 12.3. The van der Waals surface area contributed by atoms with Crippen molar-refractivity contribution in [1.29, 1.82) is 0 Å². The maximum Gasteiger partial charge on any atom is 0.329 e. The van der Waals surface area contributed by atoms with Crippen LogP contribution in [0.25, 0.3) is 0 Å². The summed E-state index contributed by atoms with van der Waals surface area (Å²) < 4.78 is 21.7. The normalized spacial score (nSPS) is 10.9. The monoisotopic (exact) mass is 491 g/mol. The molecule has 9 nitrogen and oxygen atoms in total. The number of aryl methyl sites for hydroxylation is 1. The Balaban J connectivity index is 1.63. The third kappa shape index (κ3) is 6.75. The number of hydrogen-bond donors (Lipinski definition) is 2. The van der Waals surface area contributed by atoms with Gasteiger partial charge in [-0.25, -0.2) is 5.43 Å². The van der Waals surface area contributed by atoms with E-state index in [9.17, 15) is 9.59 Å². The number of anilines is 1. The van der Waals surface area contributed by atoms with Crippen molar-refractivity contribution in [2.45, 2.75) is 20.5 Å². The topological polar surface area (TPSA) is 107 Å². The molecule has 0 aliphatic heterocycles. The van der Waals surface area contributed by atoms with Crippen LogP contribution >= 0.6 is 0 Å². The molecule has 0 unspecified atom stereocenters. The number of nitrogens with one attached hydrogen (secondary N) is 2. The number of ether oxygens (including phenoxy) is 4. The van der Waals surface area contributed by atoms with E-state index in [2.05, 4.69) is 15.8 Å². The predicted octanol–water partition coefficient (Wildman–Crippen LogP) is 4.08. The van der Waals surface area contributed by atoms with E-state index in [-0.39, 0.29) is 0 Å². The Morgan fingerprint density at radius 3 is 2.19 bits per heavy atom. The summed E-state index contributed by atoms with van der Waals surface area (Å²) >= 11 is 0. The molecule has 0 fully saturated rings. The second-order valence-corrected chi connectivity index (χ2v) is 7.80. The Morgan fingerprint density at radius 2 is 1.53 bits per heavy atom. The van der Waals surface area contributed by atoms with E-state index < -0.39 is 11.8 Å². The number of nitrogens with zero attached hydrogens (tertiary/aromatic N) is 1. The minimum Gasteiger partial charge on any atom is -0.497 e. The molecule has 0 saturated carbocycles. The summed E-state index contributed by atoms with van der Waals surface area (Å²) in [4.78, 5) is 24.6. The minimum atomic E-state index is -0.933. The van der Waals surface area contributed by atoms with Gasteiger partial charge in [-0.1, -0.05) is 29.8 Å². The molecule has 36 heavy (non-hydrogen) atoms. The van der Waals surface area contributed by atoms with Gasteiger partial charge >= 0.3 is 11.8 Å². The van der Waals surface area contributed by atoms with Crippen LogP contribution in [0.15, 0.2) is 65.8 Å². The standard InChI is InChI=1S/C27H29N3O6/c1-17-6-8-19(9-7-17)16-36-23-13-10-20(14-25(23)35-5)18(2)29-30-27(32)26(31)28-22-12-11-21(33-3)15-24(22)34-4/h6-15H,16H2,1-5H3,(H,28,31)(H,30,32)/b29-18+.